The molecular weight excluding hydrogens is 447 g/mol. The predicted molar refractivity (Wildman–Crippen MR) is 121 cm³/mol. The zero-order chi connectivity index (χ0) is 17.6. The lowest BCUT2D eigenvalue weighted by atomic mass is 9.96. The van der Waals surface area contributed by atoms with Gasteiger partial charge in [0.1, 0.15) is 6.54 Å². The number of hydrogen-bond acceptors (Lipinski definition) is 3. The summed E-state index contributed by atoms with van der Waals surface area (Å²) in [5.41, 5.74) is 0. The van der Waals surface area contributed by atoms with Crippen LogP contribution in [0.4, 0.5) is 0 Å². The first-order chi connectivity index (χ1) is 11.6. The van der Waals surface area contributed by atoms with Crippen LogP contribution in [0.25, 0.3) is 0 Å². The van der Waals surface area contributed by atoms with Crippen LogP contribution in [-0.2, 0) is 4.79 Å². The van der Waals surface area contributed by atoms with E-state index in [2.05, 4.69) is 21.9 Å². The number of carbonyl (C=O) groups excluding carboxylic acids is 1. The van der Waals surface area contributed by atoms with Crippen molar-refractivity contribution in [2.24, 2.45) is 4.99 Å². The zero-order valence-electron chi connectivity index (χ0n) is 16.2. The molecule has 0 bridgehead atoms. The van der Waals surface area contributed by atoms with Gasteiger partial charge in [-0.15, -0.1) is 24.0 Å². The van der Waals surface area contributed by atoms with E-state index in [1.165, 1.54) is 57.1 Å². The molecule has 1 aliphatic carbocycles. The molecule has 2 N–H and O–H groups in total. The molecule has 0 aromatic carbocycles. The Morgan fingerprint density at radius 2 is 1.80 bits per heavy atom. The summed E-state index contributed by atoms with van der Waals surface area (Å²) in [4.78, 5) is 17.9. The Hall–Kier alpha value is -0.180. The van der Waals surface area contributed by atoms with Crippen molar-refractivity contribution in [2.45, 2.75) is 63.8 Å². The molecule has 0 spiro atoms. The van der Waals surface area contributed by atoms with Crippen molar-refractivity contribution in [3.8, 4) is 0 Å². The number of amides is 1. The van der Waals surface area contributed by atoms with Gasteiger partial charge in [-0.1, -0.05) is 32.1 Å². The van der Waals surface area contributed by atoms with E-state index in [4.69, 9.17) is 0 Å². The summed E-state index contributed by atoms with van der Waals surface area (Å²) in [6.07, 6.45) is 13.5. The molecule has 1 fully saturated rings. The smallest absolute Gasteiger partial charge is 0.243 e. The lowest BCUT2D eigenvalue weighted by molar-refractivity contribution is -0.127. The summed E-state index contributed by atoms with van der Waals surface area (Å²) in [6.45, 7) is 1.14. The van der Waals surface area contributed by atoms with Crippen LogP contribution in [-0.4, -0.2) is 62.0 Å². The Kier molecular flexibility index (Phi) is 15.9. The van der Waals surface area contributed by atoms with E-state index in [9.17, 15) is 4.79 Å². The van der Waals surface area contributed by atoms with E-state index >= 15 is 0 Å². The fraction of sp³-hybridized carbons (Fsp3) is 0.889. The van der Waals surface area contributed by atoms with Crippen molar-refractivity contribution in [2.75, 3.05) is 39.2 Å². The second-order valence-corrected chi connectivity index (χ2v) is 7.75. The molecule has 0 unspecified atom stereocenters. The van der Waals surface area contributed by atoms with Crippen LogP contribution in [0.2, 0.25) is 0 Å². The Bertz CT molecular complexity index is 374. The number of thioether (sulfide) groups is 1. The maximum atomic E-state index is 11.8. The Morgan fingerprint density at radius 1 is 1.12 bits per heavy atom. The van der Waals surface area contributed by atoms with E-state index in [1.54, 1.807) is 19.0 Å². The fourth-order valence-corrected chi connectivity index (χ4v) is 3.31. The second-order valence-electron chi connectivity index (χ2n) is 6.77. The maximum absolute atomic E-state index is 11.8. The molecule has 0 aromatic heterocycles. The number of aliphatic imine (C=N–C) groups is 1. The van der Waals surface area contributed by atoms with Crippen LogP contribution >= 0.6 is 35.7 Å². The van der Waals surface area contributed by atoms with Crippen molar-refractivity contribution >= 4 is 47.6 Å². The fourth-order valence-electron chi connectivity index (χ4n) is 2.81. The molecular formula is C18H37IN4OS. The number of nitrogens with zero attached hydrogens (tertiary/aromatic N) is 2. The third-order valence-electron chi connectivity index (χ3n) is 4.38. The van der Waals surface area contributed by atoms with Gasteiger partial charge in [-0.05, 0) is 37.7 Å². The number of carbonyl (C=O) groups is 1. The summed E-state index contributed by atoms with van der Waals surface area (Å²) in [5, 5.41) is 6.94. The van der Waals surface area contributed by atoms with Gasteiger partial charge in [0.15, 0.2) is 5.96 Å². The predicted octanol–water partition coefficient (Wildman–Crippen LogP) is 3.48. The molecule has 0 radical (unpaired) electrons. The van der Waals surface area contributed by atoms with Crippen molar-refractivity contribution in [3.05, 3.63) is 0 Å². The zero-order valence-corrected chi connectivity index (χ0v) is 19.3. The normalized spacial score (nSPS) is 15.4. The minimum Gasteiger partial charge on any atom is -0.356 e. The largest absolute Gasteiger partial charge is 0.356 e. The van der Waals surface area contributed by atoms with Gasteiger partial charge in [0.25, 0.3) is 0 Å². The number of guanidine groups is 1. The highest BCUT2D eigenvalue weighted by molar-refractivity contribution is 14.0. The van der Waals surface area contributed by atoms with Gasteiger partial charge >= 0.3 is 0 Å². The molecule has 25 heavy (non-hydrogen) atoms. The average molecular weight is 484 g/mol. The third-order valence-corrected chi connectivity index (χ3v) is 5.08. The number of unbranched alkanes of at least 4 members (excludes halogenated alkanes) is 3. The Morgan fingerprint density at radius 3 is 2.44 bits per heavy atom. The van der Waals surface area contributed by atoms with Gasteiger partial charge < -0.3 is 15.5 Å². The first-order valence-electron chi connectivity index (χ1n) is 9.37. The van der Waals surface area contributed by atoms with E-state index < -0.39 is 0 Å². The highest BCUT2D eigenvalue weighted by atomic mass is 127. The van der Waals surface area contributed by atoms with Crippen molar-refractivity contribution in [1.29, 1.82) is 0 Å². The van der Waals surface area contributed by atoms with Gasteiger partial charge in [0.2, 0.25) is 5.91 Å². The molecule has 1 amide bonds. The summed E-state index contributed by atoms with van der Waals surface area (Å²) in [7, 11) is 3.54. The summed E-state index contributed by atoms with van der Waals surface area (Å²) >= 11 is 1.92. The van der Waals surface area contributed by atoms with Gasteiger partial charge in [-0.25, -0.2) is 4.99 Å². The van der Waals surface area contributed by atoms with Gasteiger partial charge in [-0.2, -0.15) is 11.8 Å². The molecule has 0 saturated heterocycles. The average Bonchev–Trinajstić information content (AvgIpc) is 2.59. The van der Waals surface area contributed by atoms with E-state index in [-0.39, 0.29) is 36.4 Å². The first-order valence-corrected chi connectivity index (χ1v) is 10.8. The van der Waals surface area contributed by atoms with Crippen LogP contribution < -0.4 is 10.6 Å². The number of rotatable bonds is 10. The number of likely N-dealkylation sites (N-methyl/N-ethyl adjacent to an activating group) is 1. The van der Waals surface area contributed by atoms with E-state index in [0.717, 1.165) is 18.9 Å². The molecule has 0 aromatic rings. The molecule has 7 heteroatoms. The third kappa shape index (κ3) is 12.8. The minimum atomic E-state index is 0. The van der Waals surface area contributed by atoms with E-state index in [1.807, 2.05) is 11.8 Å². The SMILES string of the molecule is CSCCCCCCNC(=NCC(=O)N(C)C)NC1CCCCC1.I. The topological polar surface area (TPSA) is 56.7 Å². The second kappa shape index (κ2) is 16.0. The van der Waals surface area contributed by atoms with Crippen LogP contribution in [0.15, 0.2) is 4.99 Å². The van der Waals surface area contributed by atoms with Gasteiger partial charge in [0.05, 0.1) is 0 Å². The Balaban J connectivity index is 0.00000576. The summed E-state index contributed by atoms with van der Waals surface area (Å²) in [5.74, 6) is 2.11. The van der Waals surface area contributed by atoms with Crippen molar-refractivity contribution in [3.63, 3.8) is 0 Å². The molecule has 0 atom stereocenters. The molecule has 5 nitrogen and oxygen atoms in total. The van der Waals surface area contributed by atoms with Crippen molar-refractivity contribution in [1.82, 2.24) is 15.5 Å². The molecule has 1 rings (SSSR count). The quantitative estimate of drug-likeness (QED) is 0.216. The number of halogens is 1. The minimum absolute atomic E-state index is 0. The Labute approximate surface area is 175 Å². The monoisotopic (exact) mass is 484 g/mol. The summed E-state index contributed by atoms with van der Waals surface area (Å²) in [6, 6.07) is 0.501. The summed E-state index contributed by atoms with van der Waals surface area (Å²) < 4.78 is 0. The first kappa shape index (κ1) is 24.8. The highest BCUT2D eigenvalue weighted by Crippen LogP contribution is 2.17. The van der Waals surface area contributed by atoms with Crippen LogP contribution in [0, 0.1) is 0 Å². The number of nitrogens with one attached hydrogen (secondary N) is 2. The van der Waals surface area contributed by atoms with Gasteiger partial charge in [0, 0.05) is 26.7 Å². The van der Waals surface area contributed by atoms with Crippen molar-refractivity contribution < 1.29 is 4.79 Å². The molecule has 1 saturated carbocycles. The lowest BCUT2D eigenvalue weighted by Crippen LogP contribution is -2.45. The maximum Gasteiger partial charge on any atom is 0.243 e. The van der Waals surface area contributed by atoms with Crippen LogP contribution in [0.3, 0.4) is 0 Å². The number of hydrogen-bond donors (Lipinski definition) is 2. The molecule has 0 heterocycles. The van der Waals surface area contributed by atoms with Crippen LogP contribution in [0.5, 0.6) is 0 Å². The lowest BCUT2D eigenvalue weighted by Gasteiger charge is -2.25. The van der Waals surface area contributed by atoms with E-state index in [0.29, 0.717) is 6.04 Å². The standard InChI is InChI=1S/C18H36N4OS.HI/c1-22(2)17(23)15-20-18(21-16-11-7-6-8-12-16)19-13-9-4-5-10-14-24-3;/h16H,4-15H2,1-3H3,(H2,19,20,21);1H. The molecule has 1 aliphatic rings. The van der Waals surface area contributed by atoms with Crippen LogP contribution in [0.1, 0.15) is 57.8 Å². The van der Waals surface area contributed by atoms with Gasteiger partial charge in [-0.3, -0.25) is 4.79 Å². The molecule has 0 aliphatic heterocycles. The highest BCUT2D eigenvalue weighted by Gasteiger charge is 2.15. The molecule has 148 valence electrons.